The molecule has 174 valence electrons. The summed E-state index contributed by atoms with van der Waals surface area (Å²) in [6.45, 7) is 0. The van der Waals surface area contributed by atoms with Gasteiger partial charge in [0.15, 0.2) is 11.5 Å². The highest BCUT2D eigenvalue weighted by molar-refractivity contribution is 8.00. The number of nitrogens with one attached hydrogen (secondary N) is 2. The number of methoxy groups -OCH3 is 4. The van der Waals surface area contributed by atoms with Crippen LogP contribution in [0.3, 0.4) is 0 Å². The summed E-state index contributed by atoms with van der Waals surface area (Å²) in [5.74, 6) is 2.05. The molecule has 8 nitrogen and oxygen atoms in total. The van der Waals surface area contributed by atoms with E-state index in [9.17, 15) is 9.59 Å². The van der Waals surface area contributed by atoms with Gasteiger partial charge in [0.25, 0.3) is 0 Å². The van der Waals surface area contributed by atoms with Crippen molar-refractivity contribution >= 4 is 41.1 Å². The van der Waals surface area contributed by atoms with Crippen molar-refractivity contribution < 1.29 is 28.5 Å². The predicted molar refractivity (Wildman–Crippen MR) is 130 cm³/mol. The third-order valence-electron chi connectivity index (χ3n) is 4.87. The molecule has 1 heterocycles. The average molecular weight is 471 g/mol. The van der Waals surface area contributed by atoms with E-state index in [4.69, 9.17) is 18.9 Å². The number of carbonyl (C=O) groups is 2. The summed E-state index contributed by atoms with van der Waals surface area (Å²) >= 11 is 1.62. The maximum atomic E-state index is 12.6. The van der Waals surface area contributed by atoms with Crippen molar-refractivity contribution in [3.8, 4) is 17.2 Å². The van der Waals surface area contributed by atoms with E-state index in [-0.39, 0.29) is 11.9 Å². The highest BCUT2D eigenvalue weighted by Crippen LogP contribution is 2.38. The van der Waals surface area contributed by atoms with Crippen molar-refractivity contribution in [2.24, 2.45) is 0 Å². The number of esters is 1. The number of rotatable bonds is 9. The Labute approximate surface area is 196 Å². The molecular weight excluding hydrogens is 444 g/mol. The third kappa shape index (κ3) is 5.81. The number of amides is 1. The van der Waals surface area contributed by atoms with E-state index in [1.54, 1.807) is 36.0 Å². The molecule has 0 aliphatic carbocycles. The second kappa shape index (κ2) is 11.3. The molecule has 0 spiro atoms. The van der Waals surface area contributed by atoms with Crippen molar-refractivity contribution in [3.05, 3.63) is 59.3 Å². The lowest BCUT2D eigenvalue weighted by Crippen LogP contribution is -2.13. The van der Waals surface area contributed by atoms with Crippen LogP contribution in [0.15, 0.2) is 53.7 Å². The first-order valence-electron chi connectivity index (χ1n) is 10.0. The Hall–Kier alpha value is -3.59. The molecule has 1 amide bonds. The topological polar surface area (TPSA) is 95.1 Å². The van der Waals surface area contributed by atoms with Gasteiger partial charge in [-0.3, -0.25) is 4.79 Å². The number of hydrogen-bond donors (Lipinski definition) is 2. The Kier molecular flexibility index (Phi) is 8.26. The van der Waals surface area contributed by atoms with Gasteiger partial charge in [0.2, 0.25) is 11.7 Å². The fourth-order valence-electron chi connectivity index (χ4n) is 3.25. The Morgan fingerprint density at radius 2 is 1.61 bits per heavy atom. The fraction of sp³-hybridized carbons (Fsp3) is 0.250. The smallest absolute Gasteiger partial charge is 0.336 e. The largest absolute Gasteiger partial charge is 0.493 e. The summed E-state index contributed by atoms with van der Waals surface area (Å²) in [6.07, 6.45) is 3.07. The molecule has 0 bridgehead atoms. The molecule has 0 aromatic heterocycles. The zero-order valence-corrected chi connectivity index (χ0v) is 19.7. The van der Waals surface area contributed by atoms with Crippen LogP contribution in [0.2, 0.25) is 0 Å². The minimum atomic E-state index is -0.350. The Morgan fingerprint density at radius 1 is 0.939 bits per heavy atom. The van der Waals surface area contributed by atoms with Crippen LogP contribution in [-0.2, 0) is 14.3 Å². The van der Waals surface area contributed by atoms with Crippen molar-refractivity contribution in [1.29, 1.82) is 0 Å². The van der Waals surface area contributed by atoms with Crippen LogP contribution in [0.5, 0.6) is 17.2 Å². The molecule has 0 atom stereocenters. The van der Waals surface area contributed by atoms with Crippen molar-refractivity contribution in [1.82, 2.24) is 0 Å². The number of para-hydroxylation sites is 2. The molecule has 0 radical (unpaired) electrons. The molecule has 1 aliphatic heterocycles. The van der Waals surface area contributed by atoms with Gasteiger partial charge in [-0.25, -0.2) is 4.79 Å². The normalized spacial score (nSPS) is 13.1. The van der Waals surface area contributed by atoms with Gasteiger partial charge < -0.3 is 29.6 Å². The molecule has 1 aliphatic rings. The van der Waals surface area contributed by atoms with E-state index in [0.717, 1.165) is 5.70 Å². The molecule has 33 heavy (non-hydrogen) atoms. The molecule has 2 N–H and O–H groups in total. The van der Waals surface area contributed by atoms with Crippen LogP contribution in [0.1, 0.15) is 5.56 Å². The number of ether oxygens (including phenoxy) is 4. The summed E-state index contributed by atoms with van der Waals surface area (Å²) < 4.78 is 20.9. The quantitative estimate of drug-likeness (QED) is 0.420. The molecule has 0 fully saturated rings. The van der Waals surface area contributed by atoms with Gasteiger partial charge in [0.05, 0.1) is 45.4 Å². The van der Waals surface area contributed by atoms with Crippen LogP contribution < -0.4 is 24.8 Å². The Morgan fingerprint density at radius 3 is 2.21 bits per heavy atom. The number of thioether (sulfide) groups is 1. The number of anilines is 2. The van der Waals surface area contributed by atoms with Gasteiger partial charge in [0.1, 0.15) is 0 Å². The van der Waals surface area contributed by atoms with Crippen LogP contribution in [0, 0.1) is 0 Å². The van der Waals surface area contributed by atoms with E-state index in [1.165, 1.54) is 34.5 Å². The predicted octanol–water partition coefficient (Wildman–Crippen LogP) is 3.95. The lowest BCUT2D eigenvalue weighted by atomic mass is 10.1. The molecule has 9 heteroatoms. The fourth-order valence-corrected chi connectivity index (χ4v) is 4.30. The molecular formula is C24H26N2O6S. The summed E-state index contributed by atoms with van der Waals surface area (Å²) in [4.78, 5) is 24.6. The third-order valence-corrected chi connectivity index (χ3v) is 5.86. The van der Waals surface area contributed by atoms with Crippen molar-refractivity contribution in [3.63, 3.8) is 0 Å². The van der Waals surface area contributed by atoms with Gasteiger partial charge in [-0.1, -0.05) is 12.1 Å². The minimum absolute atomic E-state index is 0.319. The van der Waals surface area contributed by atoms with Crippen molar-refractivity contribution in [2.75, 3.05) is 50.6 Å². The highest BCUT2D eigenvalue weighted by Gasteiger charge is 2.22. The van der Waals surface area contributed by atoms with Crippen LogP contribution in [0.4, 0.5) is 11.4 Å². The standard InChI is InChI=1S/C24H26N2O6S/c1-29-20-11-15(12-21(30-2)23(20)31-3)9-10-22(27)26-18-8-6-5-7-17(18)25-19-14-33-13-16(19)24(28)32-4/h5-12,25H,13-14H2,1-4H3,(H,26,27). The van der Waals surface area contributed by atoms with E-state index in [2.05, 4.69) is 10.6 Å². The van der Waals surface area contributed by atoms with Crippen LogP contribution in [-0.4, -0.2) is 51.8 Å². The Balaban J connectivity index is 1.77. The zero-order chi connectivity index (χ0) is 23.8. The molecule has 2 aromatic rings. The van der Waals surface area contributed by atoms with E-state index in [1.807, 2.05) is 18.2 Å². The van der Waals surface area contributed by atoms with E-state index >= 15 is 0 Å². The number of benzene rings is 2. The second-order valence-corrected chi connectivity index (χ2v) is 7.88. The monoisotopic (exact) mass is 470 g/mol. The zero-order valence-electron chi connectivity index (χ0n) is 18.9. The highest BCUT2D eigenvalue weighted by atomic mass is 32.2. The summed E-state index contributed by atoms with van der Waals surface area (Å²) in [6, 6.07) is 10.8. The molecule has 0 saturated heterocycles. The maximum absolute atomic E-state index is 12.6. The first-order valence-corrected chi connectivity index (χ1v) is 11.2. The SMILES string of the molecule is COC(=O)C1=C(Nc2ccccc2NC(=O)C=Cc2cc(OC)c(OC)c(OC)c2)CSC1. The maximum Gasteiger partial charge on any atom is 0.336 e. The lowest BCUT2D eigenvalue weighted by Gasteiger charge is -2.14. The van der Waals surface area contributed by atoms with Gasteiger partial charge in [0, 0.05) is 23.3 Å². The van der Waals surface area contributed by atoms with Gasteiger partial charge in [-0.05, 0) is 35.9 Å². The van der Waals surface area contributed by atoms with Gasteiger partial charge in [-0.2, -0.15) is 11.8 Å². The second-order valence-electron chi connectivity index (χ2n) is 6.89. The average Bonchev–Trinajstić information content (AvgIpc) is 3.30. The summed E-state index contributed by atoms with van der Waals surface area (Å²) in [7, 11) is 5.96. The Bertz CT molecular complexity index is 1070. The summed E-state index contributed by atoms with van der Waals surface area (Å²) in [5.41, 5.74) is 3.37. The molecule has 2 aromatic carbocycles. The molecule has 3 rings (SSSR count). The lowest BCUT2D eigenvalue weighted by molar-refractivity contribution is -0.136. The first kappa shape index (κ1) is 24.1. The van der Waals surface area contributed by atoms with E-state index < -0.39 is 0 Å². The van der Waals surface area contributed by atoms with Gasteiger partial charge in [-0.15, -0.1) is 0 Å². The summed E-state index contributed by atoms with van der Waals surface area (Å²) in [5, 5.41) is 6.14. The molecule has 0 unspecified atom stereocenters. The van der Waals surface area contributed by atoms with Crippen molar-refractivity contribution in [2.45, 2.75) is 0 Å². The van der Waals surface area contributed by atoms with E-state index in [0.29, 0.717) is 51.3 Å². The van der Waals surface area contributed by atoms with Gasteiger partial charge >= 0.3 is 5.97 Å². The first-order chi connectivity index (χ1) is 16.0. The van der Waals surface area contributed by atoms with Crippen LogP contribution in [0.25, 0.3) is 6.08 Å². The van der Waals surface area contributed by atoms with Crippen LogP contribution >= 0.6 is 11.8 Å². The molecule has 0 saturated carbocycles. The number of carbonyl (C=O) groups excluding carboxylic acids is 2. The number of hydrogen-bond acceptors (Lipinski definition) is 8. The minimum Gasteiger partial charge on any atom is -0.493 e.